The van der Waals surface area contributed by atoms with Gasteiger partial charge in [-0.25, -0.2) is 0 Å². The molecular weight excluding hydrogens is 258 g/mol. The molecule has 3 nitrogen and oxygen atoms in total. The zero-order valence-electron chi connectivity index (χ0n) is 9.44. The van der Waals surface area contributed by atoms with Gasteiger partial charge >= 0.3 is 5.97 Å². The molecule has 5 heteroatoms. The number of nitrogens with one attached hydrogen (secondary N) is 1. The third-order valence-corrected chi connectivity index (χ3v) is 3.94. The minimum absolute atomic E-state index is 0.0979. The van der Waals surface area contributed by atoms with Crippen molar-refractivity contribution < 1.29 is 9.90 Å². The molecule has 0 bridgehead atoms. The number of benzene rings is 1. The molecule has 2 N–H and O–H groups in total. The third-order valence-electron chi connectivity index (χ3n) is 3.01. The average Bonchev–Trinajstić information content (AvgIpc) is 2.77. The van der Waals surface area contributed by atoms with Gasteiger partial charge in [-0.15, -0.1) is 11.8 Å². The van der Waals surface area contributed by atoms with Crippen molar-refractivity contribution in [3.8, 4) is 0 Å². The standard InChI is InChI=1S/C12H14ClNO2S/c1-17-10-3-7(2-9(13)5-10)11-4-8(6-14-11)12(15)16/h2-3,5,8,11,14H,4,6H2,1H3,(H,15,16). The van der Waals surface area contributed by atoms with E-state index in [4.69, 9.17) is 16.7 Å². The number of carbonyl (C=O) groups is 1. The maximum absolute atomic E-state index is 10.9. The molecule has 1 aromatic carbocycles. The molecule has 0 aliphatic carbocycles. The van der Waals surface area contributed by atoms with Crippen LogP contribution in [0, 0.1) is 5.92 Å². The number of rotatable bonds is 3. The van der Waals surface area contributed by atoms with Gasteiger partial charge in [0.05, 0.1) is 5.92 Å². The smallest absolute Gasteiger partial charge is 0.307 e. The van der Waals surface area contributed by atoms with E-state index in [1.165, 1.54) is 0 Å². The van der Waals surface area contributed by atoms with Crippen LogP contribution in [0.3, 0.4) is 0 Å². The Morgan fingerprint density at radius 2 is 2.29 bits per heavy atom. The molecule has 1 heterocycles. The number of hydrogen-bond acceptors (Lipinski definition) is 3. The fourth-order valence-corrected chi connectivity index (χ4v) is 2.89. The van der Waals surface area contributed by atoms with E-state index in [0.717, 1.165) is 10.5 Å². The van der Waals surface area contributed by atoms with Crippen molar-refractivity contribution in [1.29, 1.82) is 0 Å². The van der Waals surface area contributed by atoms with E-state index in [1.807, 2.05) is 18.4 Å². The summed E-state index contributed by atoms with van der Waals surface area (Å²) < 4.78 is 0. The van der Waals surface area contributed by atoms with Gasteiger partial charge in [-0.05, 0) is 36.4 Å². The molecule has 0 saturated carbocycles. The molecule has 0 amide bonds. The van der Waals surface area contributed by atoms with Crippen LogP contribution in [-0.2, 0) is 4.79 Å². The minimum atomic E-state index is -0.730. The van der Waals surface area contributed by atoms with Crippen LogP contribution in [0.25, 0.3) is 0 Å². The quantitative estimate of drug-likeness (QED) is 0.830. The lowest BCUT2D eigenvalue weighted by Crippen LogP contribution is -2.17. The largest absolute Gasteiger partial charge is 0.481 e. The first-order chi connectivity index (χ1) is 8.10. The molecule has 0 radical (unpaired) electrons. The Morgan fingerprint density at radius 1 is 1.53 bits per heavy atom. The third kappa shape index (κ3) is 2.94. The molecule has 1 aromatic rings. The highest BCUT2D eigenvalue weighted by Gasteiger charge is 2.30. The lowest BCUT2D eigenvalue weighted by molar-refractivity contribution is -0.141. The van der Waals surface area contributed by atoms with Gasteiger partial charge < -0.3 is 10.4 Å². The van der Waals surface area contributed by atoms with Crippen LogP contribution < -0.4 is 5.32 Å². The van der Waals surface area contributed by atoms with E-state index in [0.29, 0.717) is 18.0 Å². The van der Waals surface area contributed by atoms with Gasteiger partial charge in [0.1, 0.15) is 0 Å². The molecule has 0 aromatic heterocycles. The fourth-order valence-electron chi connectivity index (χ4n) is 2.08. The predicted molar refractivity (Wildman–Crippen MR) is 69.7 cm³/mol. The van der Waals surface area contributed by atoms with E-state index in [1.54, 1.807) is 11.8 Å². The van der Waals surface area contributed by atoms with Crippen LogP contribution in [0.5, 0.6) is 0 Å². The van der Waals surface area contributed by atoms with Crippen molar-refractivity contribution in [2.45, 2.75) is 17.4 Å². The Kier molecular flexibility index (Phi) is 3.97. The molecule has 2 unspecified atom stereocenters. The van der Waals surface area contributed by atoms with Gasteiger partial charge in [0, 0.05) is 22.5 Å². The summed E-state index contributed by atoms with van der Waals surface area (Å²) in [7, 11) is 0. The number of aliphatic carboxylic acids is 1. The number of carboxylic acids is 1. The molecule has 0 spiro atoms. The summed E-state index contributed by atoms with van der Waals surface area (Å²) in [5.74, 6) is -1.02. The number of carboxylic acid groups (broad SMARTS) is 1. The van der Waals surface area contributed by atoms with E-state index < -0.39 is 5.97 Å². The normalized spacial score (nSPS) is 23.9. The van der Waals surface area contributed by atoms with E-state index in [2.05, 4.69) is 11.4 Å². The van der Waals surface area contributed by atoms with Gasteiger partial charge in [0.25, 0.3) is 0 Å². The second-order valence-corrected chi connectivity index (χ2v) is 5.47. The van der Waals surface area contributed by atoms with Gasteiger partial charge in [0.2, 0.25) is 0 Å². The lowest BCUT2D eigenvalue weighted by atomic mass is 10.0. The molecular formula is C12H14ClNO2S. The second-order valence-electron chi connectivity index (χ2n) is 4.16. The van der Waals surface area contributed by atoms with Gasteiger partial charge in [-0.2, -0.15) is 0 Å². The van der Waals surface area contributed by atoms with Crippen molar-refractivity contribution in [3.63, 3.8) is 0 Å². The van der Waals surface area contributed by atoms with Crippen molar-refractivity contribution in [3.05, 3.63) is 28.8 Å². The molecule has 1 aliphatic rings. The van der Waals surface area contributed by atoms with Gasteiger partial charge in [0.15, 0.2) is 0 Å². The summed E-state index contributed by atoms with van der Waals surface area (Å²) >= 11 is 7.68. The zero-order valence-corrected chi connectivity index (χ0v) is 11.0. The van der Waals surface area contributed by atoms with Gasteiger partial charge in [-0.1, -0.05) is 11.6 Å². The Labute approximate surface area is 110 Å². The SMILES string of the molecule is CSc1cc(Cl)cc(C2CC(C(=O)O)CN2)c1. The summed E-state index contributed by atoms with van der Waals surface area (Å²) in [5, 5.41) is 12.9. The summed E-state index contributed by atoms with van der Waals surface area (Å²) in [5.41, 5.74) is 1.07. The number of halogens is 1. The Balaban J connectivity index is 2.18. The molecule has 17 heavy (non-hydrogen) atoms. The first-order valence-corrected chi connectivity index (χ1v) is 7.01. The molecule has 1 aliphatic heterocycles. The fraction of sp³-hybridized carbons (Fsp3) is 0.417. The maximum atomic E-state index is 10.9. The van der Waals surface area contributed by atoms with Crippen LogP contribution in [0.15, 0.2) is 23.1 Å². The number of hydrogen-bond donors (Lipinski definition) is 2. The van der Waals surface area contributed by atoms with Crippen LogP contribution in [-0.4, -0.2) is 23.9 Å². The van der Waals surface area contributed by atoms with Crippen molar-refractivity contribution in [2.24, 2.45) is 5.92 Å². The lowest BCUT2D eigenvalue weighted by Gasteiger charge is -2.12. The van der Waals surface area contributed by atoms with E-state index in [9.17, 15) is 4.79 Å². The monoisotopic (exact) mass is 271 g/mol. The number of thioether (sulfide) groups is 1. The highest BCUT2D eigenvalue weighted by molar-refractivity contribution is 7.98. The van der Waals surface area contributed by atoms with Crippen LogP contribution in [0.2, 0.25) is 5.02 Å². The Hall–Kier alpha value is -0.710. The molecule has 2 rings (SSSR count). The van der Waals surface area contributed by atoms with E-state index >= 15 is 0 Å². The predicted octanol–water partition coefficient (Wildman–Crippen LogP) is 2.80. The average molecular weight is 272 g/mol. The molecule has 2 atom stereocenters. The first-order valence-electron chi connectivity index (χ1n) is 5.41. The highest BCUT2D eigenvalue weighted by Crippen LogP contribution is 2.31. The highest BCUT2D eigenvalue weighted by atomic mass is 35.5. The molecule has 1 saturated heterocycles. The van der Waals surface area contributed by atoms with E-state index in [-0.39, 0.29) is 12.0 Å². The van der Waals surface area contributed by atoms with Crippen molar-refractivity contribution in [2.75, 3.05) is 12.8 Å². The summed E-state index contributed by atoms with van der Waals surface area (Å²) in [4.78, 5) is 12.0. The second kappa shape index (κ2) is 5.29. The summed E-state index contributed by atoms with van der Waals surface area (Å²) in [6.45, 7) is 0.529. The summed E-state index contributed by atoms with van der Waals surface area (Å²) in [6.07, 6.45) is 2.63. The molecule has 92 valence electrons. The first kappa shape index (κ1) is 12.7. The van der Waals surface area contributed by atoms with Gasteiger partial charge in [-0.3, -0.25) is 4.79 Å². The van der Waals surface area contributed by atoms with Crippen LogP contribution in [0.4, 0.5) is 0 Å². The van der Waals surface area contributed by atoms with Crippen LogP contribution >= 0.6 is 23.4 Å². The Morgan fingerprint density at radius 3 is 2.88 bits per heavy atom. The summed E-state index contributed by atoms with van der Waals surface area (Å²) in [6, 6.07) is 5.99. The van der Waals surface area contributed by atoms with Crippen molar-refractivity contribution in [1.82, 2.24) is 5.32 Å². The minimum Gasteiger partial charge on any atom is -0.481 e. The maximum Gasteiger partial charge on any atom is 0.307 e. The zero-order chi connectivity index (χ0) is 12.4. The molecule has 1 fully saturated rings. The van der Waals surface area contributed by atoms with Crippen molar-refractivity contribution >= 4 is 29.3 Å². The van der Waals surface area contributed by atoms with Crippen LogP contribution in [0.1, 0.15) is 18.0 Å². The Bertz CT molecular complexity index is 439. The topological polar surface area (TPSA) is 49.3 Å².